The fraction of sp³-hybridized carbons (Fsp3) is 0.217. The summed E-state index contributed by atoms with van der Waals surface area (Å²) in [5, 5.41) is 17.0. The van der Waals surface area contributed by atoms with Crippen LogP contribution in [0.1, 0.15) is 30.9 Å². The number of hydrogen-bond acceptors (Lipinski definition) is 4. The van der Waals surface area contributed by atoms with Gasteiger partial charge in [-0.05, 0) is 30.2 Å². The van der Waals surface area contributed by atoms with Gasteiger partial charge in [0, 0.05) is 36.3 Å². The zero-order chi connectivity index (χ0) is 20.5. The molecule has 0 spiro atoms. The highest BCUT2D eigenvalue weighted by molar-refractivity contribution is 6.02. The average molecular weight is 385 g/mol. The molecular formula is C23H23N5O. The molecule has 0 saturated heterocycles. The minimum absolute atomic E-state index is 0.0607. The van der Waals surface area contributed by atoms with Gasteiger partial charge in [0.05, 0.1) is 6.54 Å². The number of carbonyl (C=O) groups is 1. The molecule has 1 N–H and O–H groups in total. The molecule has 3 rings (SSSR count). The summed E-state index contributed by atoms with van der Waals surface area (Å²) in [6, 6.07) is 15.8. The SMILES string of the molecule is CCCCNC(=O)/C(C#N)=C/c1cn(Cc2ccccc2)nc1-c1cccnc1. The van der Waals surface area contributed by atoms with E-state index in [4.69, 9.17) is 0 Å². The fourth-order valence-electron chi connectivity index (χ4n) is 2.90. The fourth-order valence-corrected chi connectivity index (χ4v) is 2.90. The van der Waals surface area contributed by atoms with Crippen molar-refractivity contribution < 1.29 is 4.79 Å². The Balaban J connectivity index is 1.95. The molecule has 0 unspecified atom stereocenters. The van der Waals surface area contributed by atoms with Crippen LogP contribution in [0.5, 0.6) is 0 Å². The van der Waals surface area contributed by atoms with E-state index in [9.17, 15) is 10.1 Å². The Hall–Kier alpha value is -3.72. The zero-order valence-corrected chi connectivity index (χ0v) is 16.4. The van der Waals surface area contributed by atoms with Crippen molar-refractivity contribution in [2.45, 2.75) is 26.3 Å². The Morgan fingerprint density at radius 3 is 2.76 bits per heavy atom. The second-order valence-electron chi connectivity index (χ2n) is 6.64. The van der Waals surface area contributed by atoms with Crippen LogP contribution in [0.25, 0.3) is 17.3 Å². The van der Waals surface area contributed by atoms with E-state index in [1.165, 1.54) is 0 Å². The van der Waals surface area contributed by atoms with Crippen molar-refractivity contribution in [2.24, 2.45) is 0 Å². The van der Waals surface area contributed by atoms with E-state index in [1.807, 2.05) is 59.4 Å². The van der Waals surface area contributed by atoms with Crippen LogP contribution < -0.4 is 5.32 Å². The Morgan fingerprint density at radius 2 is 2.07 bits per heavy atom. The van der Waals surface area contributed by atoms with Gasteiger partial charge in [-0.1, -0.05) is 43.7 Å². The van der Waals surface area contributed by atoms with Gasteiger partial charge in [-0.25, -0.2) is 0 Å². The molecule has 1 aromatic carbocycles. The van der Waals surface area contributed by atoms with Crippen LogP contribution in [0.15, 0.2) is 66.6 Å². The summed E-state index contributed by atoms with van der Waals surface area (Å²) in [4.78, 5) is 16.5. The second-order valence-corrected chi connectivity index (χ2v) is 6.64. The van der Waals surface area contributed by atoms with E-state index in [0.29, 0.717) is 24.3 Å². The number of hydrogen-bond donors (Lipinski definition) is 1. The molecule has 146 valence electrons. The number of nitrogens with zero attached hydrogens (tertiary/aromatic N) is 4. The van der Waals surface area contributed by atoms with Gasteiger partial charge in [-0.2, -0.15) is 10.4 Å². The van der Waals surface area contributed by atoms with Crippen LogP contribution in [-0.4, -0.2) is 27.2 Å². The number of carbonyl (C=O) groups excluding carboxylic acids is 1. The predicted octanol–water partition coefficient (Wildman–Crippen LogP) is 3.82. The maximum Gasteiger partial charge on any atom is 0.261 e. The Labute approximate surface area is 170 Å². The molecule has 6 heteroatoms. The monoisotopic (exact) mass is 385 g/mol. The number of unbranched alkanes of at least 4 members (excludes halogenated alkanes) is 1. The number of amides is 1. The van der Waals surface area contributed by atoms with Gasteiger partial charge in [0.25, 0.3) is 5.91 Å². The van der Waals surface area contributed by atoms with Crippen LogP contribution in [0.3, 0.4) is 0 Å². The first kappa shape index (κ1) is 20.0. The van der Waals surface area contributed by atoms with E-state index >= 15 is 0 Å². The van der Waals surface area contributed by atoms with Crippen LogP contribution in [0, 0.1) is 11.3 Å². The summed E-state index contributed by atoms with van der Waals surface area (Å²) < 4.78 is 1.81. The van der Waals surface area contributed by atoms with Gasteiger partial charge in [-0.3, -0.25) is 14.5 Å². The average Bonchev–Trinajstić information content (AvgIpc) is 3.15. The Morgan fingerprint density at radius 1 is 1.24 bits per heavy atom. The largest absolute Gasteiger partial charge is 0.351 e. The third-order valence-electron chi connectivity index (χ3n) is 4.39. The van der Waals surface area contributed by atoms with Crippen LogP contribution >= 0.6 is 0 Å². The van der Waals surface area contributed by atoms with Crippen molar-refractivity contribution in [3.8, 4) is 17.3 Å². The molecule has 0 radical (unpaired) electrons. The van der Waals surface area contributed by atoms with Crippen LogP contribution in [0.2, 0.25) is 0 Å². The molecule has 2 heterocycles. The lowest BCUT2D eigenvalue weighted by Crippen LogP contribution is -2.25. The minimum Gasteiger partial charge on any atom is -0.351 e. The molecule has 0 bridgehead atoms. The molecule has 6 nitrogen and oxygen atoms in total. The zero-order valence-electron chi connectivity index (χ0n) is 16.4. The lowest BCUT2D eigenvalue weighted by Gasteiger charge is -2.03. The van der Waals surface area contributed by atoms with Gasteiger partial charge in [-0.15, -0.1) is 0 Å². The third-order valence-corrected chi connectivity index (χ3v) is 4.39. The highest BCUT2D eigenvalue weighted by Crippen LogP contribution is 2.24. The summed E-state index contributed by atoms with van der Waals surface area (Å²) in [5.74, 6) is -0.367. The normalized spacial score (nSPS) is 11.1. The maximum atomic E-state index is 12.4. The molecule has 0 aliphatic rings. The number of benzene rings is 1. The first-order valence-corrected chi connectivity index (χ1v) is 9.63. The molecular weight excluding hydrogens is 362 g/mol. The van der Waals surface area contributed by atoms with E-state index in [0.717, 1.165) is 24.0 Å². The van der Waals surface area contributed by atoms with Gasteiger partial charge in [0.15, 0.2) is 0 Å². The Bertz CT molecular complexity index is 1020. The van der Waals surface area contributed by atoms with E-state index < -0.39 is 0 Å². The molecule has 2 aromatic heterocycles. The predicted molar refractivity (Wildman–Crippen MR) is 113 cm³/mol. The summed E-state index contributed by atoms with van der Waals surface area (Å²) in [7, 11) is 0. The molecule has 0 saturated carbocycles. The van der Waals surface area contributed by atoms with Gasteiger partial charge >= 0.3 is 0 Å². The minimum atomic E-state index is -0.367. The number of rotatable bonds is 8. The van der Waals surface area contributed by atoms with Crippen molar-refractivity contribution in [3.63, 3.8) is 0 Å². The Kier molecular flexibility index (Phi) is 6.90. The van der Waals surface area contributed by atoms with Crippen LogP contribution in [0.4, 0.5) is 0 Å². The number of nitrogens with one attached hydrogen (secondary N) is 1. The van der Waals surface area contributed by atoms with Crippen molar-refractivity contribution in [3.05, 3.63) is 77.8 Å². The van der Waals surface area contributed by atoms with Crippen molar-refractivity contribution in [1.82, 2.24) is 20.1 Å². The van der Waals surface area contributed by atoms with E-state index in [2.05, 4.69) is 22.3 Å². The molecule has 0 aliphatic carbocycles. The highest BCUT2D eigenvalue weighted by Gasteiger charge is 2.14. The molecule has 0 aliphatic heterocycles. The van der Waals surface area contributed by atoms with E-state index in [1.54, 1.807) is 18.5 Å². The summed E-state index contributed by atoms with van der Waals surface area (Å²) in [6.07, 6.45) is 8.72. The number of pyridine rings is 1. The van der Waals surface area contributed by atoms with Crippen molar-refractivity contribution in [2.75, 3.05) is 6.54 Å². The lowest BCUT2D eigenvalue weighted by molar-refractivity contribution is -0.117. The molecule has 1 amide bonds. The molecule has 3 aromatic rings. The highest BCUT2D eigenvalue weighted by atomic mass is 16.1. The topological polar surface area (TPSA) is 83.6 Å². The molecule has 0 fully saturated rings. The van der Waals surface area contributed by atoms with Crippen molar-refractivity contribution >= 4 is 12.0 Å². The van der Waals surface area contributed by atoms with Gasteiger partial charge < -0.3 is 5.32 Å². The van der Waals surface area contributed by atoms with Gasteiger partial charge in [0.2, 0.25) is 0 Å². The summed E-state index contributed by atoms with van der Waals surface area (Å²) >= 11 is 0. The molecule has 0 atom stereocenters. The first-order chi connectivity index (χ1) is 14.2. The maximum absolute atomic E-state index is 12.4. The second kappa shape index (κ2) is 10.00. The number of aromatic nitrogens is 3. The first-order valence-electron chi connectivity index (χ1n) is 9.63. The van der Waals surface area contributed by atoms with Crippen molar-refractivity contribution in [1.29, 1.82) is 5.26 Å². The third kappa shape index (κ3) is 5.39. The van der Waals surface area contributed by atoms with E-state index in [-0.39, 0.29) is 11.5 Å². The lowest BCUT2D eigenvalue weighted by atomic mass is 10.1. The summed E-state index contributed by atoms with van der Waals surface area (Å²) in [6.45, 7) is 3.19. The standard InChI is InChI=1S/C23H23N5O/c1-2-3-12-26-23(29)20(14-24)13-21-17-28(16-18-8-5-4-6-9-18)27-22(21)19-10-7-11-25-15-19/h4-11,13,15,17H,2-3,12,16H2,1H3,(H,26,29)/b20-13+. The number of nitriles is 1. The van der Waals surface area contributed by atoms with Crippen LogP contribution in [-0.2, 0) is 11.3 Å². The van der Waals surface area contributed by atoms with Gasteiger partial charge in [0.1, 0.15) is 17.3 Å². The molecule has 29 heavy (non-hydrogen) atoms. The quantitative estimate of drug-likeness (QED) is 0.363. The summed E-state index contributed by atoms with van der Waals surface area (Å²) in [5.41, 5.74) is 3.39. The smallest absolute Gasteiger partial charge is 0.261 e.